The number of thiophene rings is 1. The van der Waals surface area contributed by atoms with E-state index in [0.717, 1.165) is 18.2 Å². The van der Waals surface area contributed by atoms with Crippen LogP contribution in [0.15, 0.2) is 18.2 Å². The second-order valence-corrected chi connectivity index (χ2v) is 11.6. The van der Waals surface area contributed by atoms with E-state index < -0.39 is 34.5 Å². The van der Waals surface area contributed by atoms with Crippen LogP contribution < -0.4 is 15.4 Å². The number of nitrogens with zero attached hydrogens (tertiary/aromatic N) is 7. The fourth-order valence-corrected chi connectivity index (χ4v) is 6.51. The molecule has 4 heterocycles. The molecule has 0 radical (unpaired) electrons. The third-order valence-electron chi connectivity index (χ3n) is 7.73. The number of aromatic nitrogens is 4. The molecule has 0 saturated carbocycles. The van der Waals surface area contributed by atoms with Crippen LogP contribution in [0.2, 0.25) is 0 Å². The highest BCUT2D eigenvalue weighted by Gasteiger charge is 2.39. The van der Waals surface area contributed by atoms with Crippen molar-refractivity contribution in [3.63, 3.8) is 0 Å². The van der Waals surface area contributed by atoms with E-state index in [1.54, 1.807) is 36.7 Å². The molecule has 0 bridgehead atoms. The summed E-state index contributed by atoms with van der Waals surface area (Å²) in [6, 6.07) is 4.14. The lowest BCUT2D eigenvalue weighted by Crippen LogP contribution is -2.35. The molecule has 0 aliphatic carbocycles. The van der Waals surface area contributed by atoms with E-state index in [-0.39, 0.29) is 74.7 Å². The van der Waals surface area contributed by atoms with E-state index in [1.807, 2.05) is 0 Å². The molecular weight excluding hydrogens is 619 g/mol. The number of nitrogens with two attached hydrogens (primary N) is 1. The highest BCUT2D eigenvalue weighted by Crippen LogP contribution is 2.48. The van der Waals surface area contributed by atoms with E-state index in [2.05, 4.69) is 15.1 Å². The maximum absolute atomic E-state index is 16.6. The lowest BCUT2D eigenvalue weighted by atomic mass is 9.92. The largest absolute Gasteiger partial charge is 0.467 e. The number of fused-ring (bicyclic) bond motifs is 3. The molecule has 6 rings (SSSR count). The van der Waals surface area contributed by atoms with Gasteiger partial charge in [-0.15, -0.1) is 11.3 Å². The van der Waals surface area contributed by atoms with Crippen LogP contribution in [0.1, 0.15) is 32.9 Å². The zero-order valence-corrected chi connectivity index (χ0v) is 25.0. The molecule has 0 saturated heterocycles. The summed E-state index contributed by atoms with van der Waals surface area (Å²) >= 11 is 0.683. The first-order chi connectivity index (χ1) is 21.3. The van der Waals surface area contributed by atoms with Crippen molar-refractivity contribution in [2.75, 3.05) is 38.4 Å². The summed E-state index contributed by atoms with van der Waals surface area (Å²) in [6.45, 7) is 2.29. The number of rotatable bonds is 4. The van der Waals surface area contributed by atoms with Gasteiger partial charge in [-0.3, -0.25) is 9.48 Å². The molecule has 0 unspecified atom stereocenters. The number of methoxy groups -OCH3 is 1. The minimum absolute atomic E-state index is 0.0260. The molecule has 5 aromatic rings. The number of carbonyl (C=O) groups excluding carboxylic acids is 1. The Balaban J connectivity index is 1.61. The van der Waals surface area contributed by atoms with Crippen LogP contribution in [0, 0.1) is 29.9 Å². The van der Waals surface area contributed by atoms with E-state index in [0.29, 0.717) is 22.6 Å². The average Bonchev–Trinajstić information content (AvgIpc) is 3.52. The molecule has 10 nitrogen and oxygen atoms in total. The summed E-state index contributed by atoms with van der Waals surface area (Å²) in [5.74, 6) is -2.51. The van der Waals surface area contributed by atoms with Crippen LogP contribution in [0.3, 0.4) is 0 Å². The number of carbonyl (C=O) groups is 1. The van der Waals surface area contributed by atoms with Crippen molar-refractivity contribution in [1.29, 1.82) is 5.26 Å². The summed E-state index contributed by atoms with van der Waals surface area (Å²) in [5, 5.41) is 13.5. The second kappa shape index (κ2) is 10.5. The van der Waals surface area contributed by atoms with Gasteiger partial charge in [0.25, 0.3) is 5.91 Å². The molecular formula is C29H23F5N8O2S. The van der Waals surface area contributed by atoms with Crippen LogP contribution in [0.5, 0.6) is 6.01 Å². The smallest absolute Gasteiger partial charge is 0.417 e. The van der Waals surface area contributed by atoms with Gasteiger partial charge in [-0.2, -0.15) is 33.5 Å². The average molecular weight is 643 g/mol. The Kier molecular flexibility index (Phi) is 7.03. The summed E-state index contributed by atoms with van der Waals surface area (Å²) in [6.07, 6.45) is -5.09. The van der Waals surface area contributed by atoms with Gasteiger partial charge in [0, 0.05) is 42.5 Å². The highest BCUT2D eigenvalue weighted by molar-refractivity contribution is 7.23. The first-order valence-electron chi connectivity index (χ1n) is 13.4. The fourth-order valence-electron chi connectivity index (χ4n) is 5.56. The minimum Gasteiger partial charge on any atom is -0.467 e. The number of nitriles is 1. The van der Waals surface area contributed by atoms with E-state index in [1.165, 1.54) is 12.0 Å². The van der Waals surface area contributed by atoms with Crippen molar-refractivity contribution >= 4 is 49.1 Å². The topological polar surface area (TPSA) is 126 Å². The molecule has 1 amide bonds. The first-order valence-corrected chi connectivity index (χ1v) is 14.2. The van der Waals surface area contributed by atoms with Crippen LogP contribution >= 0.6 is 11.3 Å². The number of ether oxygens (including phenoxy) is 1. The number of benzene rings is 2. The quantitative estimate of drug-likeness (QED) is 0.255. The zero-order valence-electron chi connectivity index (χ0n) is 24.2. The lowest BCUT2D eigenvalue weighted by molar-refractivity contribution is -0.137. The Labute approximate surface area is 256 Å². The van der Waals surface area contributed by atoms with Crippen molar-refractivity contribution in [3.8, 4) is 23.2 Å². The molecule has 1 aliphatic heterocycles. The number of hydrogen-bond donors (Lipinski definition) is 1. The monoisotopic (exact) mass is 642 g/mol. The Morgan fingerprint density at radius 3 is 2.58 bits per heavy atom. The number of halogens is 5. The van der Waals surface area contributed by atoms with Crippen LogP contribution in [-0.2, 0) is 19.3 Å². The van der Waals surface area contributed by atoms with Gasteiger partial charge in [0.05, 0.1) is 41.7 Å². The molecule has 1 aliphatic rings. The summed E-state index contributed by atoms with van der Waals surface area (Å²) in [5.41, 5.74) is 3.98. The van der Waals surface area contributed by atoms with Gasteiger partial charge in [-0.05, 0) is 24.6 Å². The molecule has 3 aromatic heterocycles. The van der Waals surface area contributed by atoms with Gasteiger partial charge >= 0.3 is 12.2 Å². The zero-order chi connectivity index (χ0) is 32.5. The van der Waals surface area contributed by atoms with Crippen LogP contribution in [0.25, 0.3) is 32.1 Å². The molecule has 0 fully saturated rings. The number of alkyl halides is 3. The Morgan fingerprint density at radius 2 is 1.93 bits per heavy atom. The van der Waals surface area contributed by atoms with Gasteiger partial charge in [0.1, 0.15) is 28.2 Å². The number of amides is 1. The van der Waals surface area contributed by atoms with E-state index >= 15 is 4.39 Å². The minimum atomic E-state index is -5.09. The molecule has 232 valence electrons. The van der Waals surface area contributed by atoms with Crippen molar-refractivity contribution in [1.82, 2.24) is 24.6 Å². The molecule has 0 spiro atoms. The fraction of sp³-hybridized carbons (Fsp3) is 0.276. The third-order valence-corrected chi connectivity index (χ3v) is 8.76. The summed E-state index contributed by atoms with van der Waals surface area (Å²) < 4.78 is 82.4. The Morgan fingerprint density at radius 1 is 1.20 bits per heavy atom. The van der Waals surface area contributed by atoms with Crippen LogP contribution in [0.4, 0.5) is 32.8 Å². The normalized spacial score (nSPS) is 13.3. The maximum atomic E-state index is 16.6. The predicted octanol–water partition coefficient (Wildman–Crippen LogP) is 5.50. The summed E-state index contributed by atoms with van der Waals surface area (Å²) in [4.78, 5) is 24.1. The lowest BCUT2D eigenvalue weighted by Gasteiger charge is -2.30. The van der Waals surface area contributed by atoms with Gasteiger partial charge in [0.2, 0.25) is 0 Å². The van der Waals surface area contributed by atoms with Gasteiger partial charge in [-0.25, -0.2) is 8.78 Å². The van der Waals surface area contributed by atoms with E-state index in [4.69, 9.17) is 10.5 Å². The van der Waals surface area contributed by atoms with Crippen LogP contribution in [-0.4, -0.2) is 58.3 Å². The molecule has 16 heteroatoms. The van der Waals surface area contributed by atoms with Crippen molar-refractivity contribution in [2.24, 2.45) is 0 Å². The van der Waals surface area contributed by atoms with Crippen molar-refractivity contribution < 1.29 is 31.5 Å². The highest BCUT2D eigenvalue weighted by atomic mass is 32.1. The standard InChI is InChI=1S/C29H23F5N8O2S/c1-12-18-11-41(7-8-42(18)39-22(12)27(43)40(2)3)26-14-9-16(29(32,33)34)20(21(31)23(14)37-28(38-26)44-4)13-5-6-17(30)24-19(13)15(10-35)25(36)45-24/h5-6,9H,7-8,11,36H2,1-4H3. The van der Waals surface area contributed by atoms with Crippen molar-refractivity contribution in [3.05, 3.63) is 57.9 Å². The van der Waals surface area contributed by atoms with Gasteiger partial charge in [-0.1, -0.05) is 6.07 Å². The SMILES string of the molecule is COc1nc(N2CCn3nc(C(=O)N(C)C)c(C)c3C2)c2cc(C(F)(F)F)c(-c3ccc(F)c4sc(N)c(C#N)c34)c(F)c2n1. The summed E-state index contributed by atoms with van der Waals surface area (Å²) in [7, 11) is 4.43. The van der Waals surface area contributed by atoms with Gasteiger partial charge in [0.15, 0.2) is 11.5 Å². The molecule has 2 aromatic carbocycles. The molecule has 0 atom stereocenters. The number of hydrogen-bond acceptors (Lipinski definition) is 9. The maximum Gasteiger partial charge on any atom is 0.417 e. The molecule has 45 heavy (non-hydrogen) atoms. The number of nitrogen functional groups attached to an aromatic ring is 1. The second-order valence-electron chi connectivity index (χ2n) is 10.6. The Bertz CT molecular complexity index is 2100. The van der Waals surface area contributed by atoms with Crippen molar-refractivity contribution in [2.45, 2.75) is 26.2 Å². The number of anilines is 2. The third kappa shape index (κ3) is 4.65. The van der Waals surface area contributed by atoms with E-state index in [9.17, 15) is 27.6 Å². The Hall–Kier alpha value is -5.04. The van der Waals surface area contributed by atoms with Gasteiger partial charge < -0.3 is 20.3 Å². The molecule has 2 N–H and O–H groups in total. The first kappa shape index (κ1) is 30.0. The predicted molar refractivity (Wildman–Crippen MR) is 157 cm³/mol.